The topological polar surface area (TPSA) is 43.4 Å². The molecule has 1 unspecified atom stereocenters. The van der Waals surface area contributed by atoms with Crippen LogP contribution in [-0.2, 0) is 9.53 Å². The third kappa shape index (κ3) is 6.67. The van der Waals surface area contributed by atoms with Crippen LogP contribution < -0.4 is 0 Å². The van der Waals surface area contributed by atoms with Crippen LogP contribution in [0.2, 0.25) is 0 Å². The van der Waals surface area contributed by atoms with E-state index >= 15 is 0 Å². The quantitative estimate of drug-likeness (QED) is 0.534. The molecule has 0 saturated heterocycles. The highest BCUT2D eigenvalue weighted by Gasteiger charge is 2.22. The van der Waals surface area contributed by atoms with E-state index in [1.807, 2.05) is 48.6 Å². The zero-order valence-corrected chi connectivity index (χ0v) is 15.3. The van der Waals surface area contributed by atoms with Gasteiger partial charge in [0, 0.05) is 6.42 Å². The van der Waals surface area contributed by atoms with Crippen molar-refractivity contribution in [2.75, 3.05) is 0 Å². The number of hydrogen-bond acceptors (Lipinski definition) is 3. The number of unbranched alkanes of at least 4 members (excludes halogenated alkanes) is 1. The van der Waals surface area contributed by atoms with Gasteiger partial charge < -0.3 is 4.74 Å². The van der Waals surface area contributed by atoms with E-state index < -0.39 is 12.1 Å². The molecule has 3 nitrogen and oxygen atoms in total. The van der Waals surface area contributed by atoms with Crippen molar-refractivity contribution in [2.45, 2.75) is 45.1 Å². The lowest BCUT2D eigenvalue weighted by molar-refractivity contribution is -0.128. The summed E-state index contributed by atoms with van der Waals surface area (Å²) in [4.78, 5) is 24.8. The van der Waals surface area contributed by atoms with Gasteiger partial charge in [0.25, 0.3) is 0 Å². The molecule has 26 heavy (non-hydrogen) atoms. The smallest absolute Gasteiger partial charge is 0.338 e. The highest BCUT2D eigenvalue weighted by atomic mass is 16.5. The molecule has 0 radical (unpaired) electrons. The number of benzene rings is 2. The summed E-state index contributed by atoms with van der Waals surface area (Å²) in [7, 11) is 0. The lowest BCUT2D eigenvalue weighted by Gasteiger charge is -2.16. The second-order valence-corrected chi connectivity index (χ2v) is 6.22. The fourth-order valence-electron chi connectivity index (χ4n) is 2.62. The number of rotatable bonds is 10. The van der Waals surface area contributed by atoms with Crippen LogP contribution >= 0.6 is 0 Å². The lowest BCUT2D eigenvalue weighted by Crippen LogP contribution is -2.27. The van der Waals surface area contributed by atoms with Gasteiger partial charge in [-0.2, -0.15) is 0 Å². The molecule has 2 rings (SSSR count). The molecule has 0 N–H and O–H groups in total. The van der Waals surface area contributed by atoms with E-state index in [0.29, 0.717) is 24.8 Å². The summed E-state index contributed by atoms with van der Waals surface area (Å²) >= 11 is 0. The van der Waals surface area contributed by atoms with Crippen molar-refractivity contribution in [2.24, 2.45) is 0 Å². The van der Waals surface area contributed by atoms with E-state index in [-0.39, 0.29) is 5.78 Å². The first-order valence-corrected chi connectivity index (χ1v) is 9.21. The Labute approximate surface area is 155 Å². The monoisotopic (exact) mass is 350 g/mol. The standard InChI is InChI=1S/C23H26O3/c1-2-3-18-22(26-23(25)20-15-8-5-9-16-20)21(24)17-11-10-14-19-12-6-4-7-13-19/h4-10,12-16,22H,2-3,11,17-18H2,1H3/b14-10+. The maximum Gasteiger partial charge on any atom is 0.338 e. The largest absolute Gasteiger partial charge is 0.451 e. The van der Waals surface area contributed by atoms with Gasteiger partial charge in [-0.1, -0.05) is 74.0 Å². The van der Waals surface area contributed by atoms with Crippen LogP contribution in [0.5, 0.6) is 0 Å². The molecular formula is C23H26O3. The third-order valence-corrected chi connectivity index (χ3v) is 4.11. The Morgan fingerprint density at radius 3 is 2.31 bits per heavy atom. The molecular weight excluding hydrogens is 324 g/mol. The maximum atomic E-state index is 12.5. The number of hydrogen-bond donors (Lipinski definition) is 0. The SMILES string of the molecule is CCCCC(OC(=O)c1ccccc1)C(=O)CC/C=C/c1ccccc1. The van der Waals surface area contributed by atoms with Gasteiger partial charge in [0.2, 0.25) is 0 Å². The van der Waals surface area contributed by atoms with E-state index in [0.717, 1.165) is 18.4 Å². The van der Waals surface area contributed by atoms with Gasteiger partial charge in [0.05, 0.1) is 5.56 Å². The number of esters is 1. The van der Waals surface area contributed by atoms with E-state index in [2.05, 4.69) is 6.92 Å². The van der Waals surface area contributed by atoms with E-state index in [1.165, 1.54) is 0 Å². The minimum absolute atomic E-state index is 0.0135. The Balaban J connectivity index is 1.89. The highest BCUT2D eigenvalue weighted by Crippen LogP contribution is 2.13. The number of allylic oxidation sites excluding steroid dienone is 1. The Morgan fingerprint density at radius 1 is 1.00 bits per heavy atom. The van der Waals surface area contributed by atoms with Crippen LogP contribution in [-0.4, -0.2) is 17.9 Å². The van der Waals surface area contributed by atoms with Crippen LogP contribution in [0.4, 0.5) is 0 Å². The van der Waals surface area contributed by atoms with Crippen molar-refractivity contribution in [1.29, 1.82) is 0 Å². The Kier molecular flexibility index (Phi) is 8.34. The fourth-order valence-corrected chi connectivity index (χ4v) is 2.62. The van der Waals surface area contributed by atoms with Crippen molar-refractivity contribution in [3.05, 3.63) is 77.9 Å². The molecule has 136 valence electrons. The molecule has 0 aliphatic rings. The third-order valence-electron chi connectivity index (χ3n) is 4.11. The molecule has 0 aliphatic heterocycles. The predicted octanol–water partition coefficient (Wildman–Crippen LogP) is 5.46. The minimum atomic E-state index is -0.659. The number of ketones is 1. The molecule has 0 heterocycles. The van der Waals surface area contributed by atoms with Crippen LogP contribution in [0.25, 0.3) is 6.08 Å². The highest BCUT2D eigenvalue weighted by molar-refractivity contribution is 5.92. The molecule has 0 bridgehead atoms. The van der Waals surface area contributed by atoms with Gasteiger partial charge in [0.15, 0.2) is 11.9 Å². The van der Waals surface area contributed by atoms with Crippen LogP contribution in [0.15, 0.2) is 66.7 Å². The molecule has 0 aromatic heterocycles. The van der Waals surface area contributed by atoms with Gasteiger partial charge >= 0.3 is 5.97 Å². The summed E-state index contributed by atoms with van der Waals surface area (Å²) in [5, 5.41) is 0. The van der Waals surface area contributed by atoms with Crippen LogP contribution in [0.1, 0.15) is 54.9 Å². The van der Waals surface area contributed by atoms with Crippen LogP contribution in [0.3, 0.4) is 0 Å². The second-order valence-electron chi connectivity index (χ2n) is 6.22. The average molecular weight is 350 g/mol. The summed E-state index contributed by atoms with van der Waals surface area (Å²) in [6.07, 6.45) is 6.74. The van der Waals surface area contributed by atoms with E-state index in [9.17, 15) is 9.59 Å². The van der Waals surface area contributed by atoms with Gasteiger partial charge in [-0.3, -0.25) is 4.79 Å². The van der Waals surface area contributed by atoms with Crippen molar-refractivity contribution in [3.8, 4) is 0 Å². The molecule has 3 heteroatoms. The van der Waals surface area contributed by atoms with Crippen LogP contribution in [0, 0.1) is 0 Å². The molecule has 0 saturated carbocycles. The van der Waals surface area contributed by atoms with Gasteiger partial charge in [-0.05, 0) is 37.0 Å². The van der Waals surface area contributed by atoms with E-state index in [4.69, 9.17) is 4.74 Å². The predicted molar refractivity (Wildman–Crippen MR) is 105 cm³/mol. The molecule has 0 spiro atoms. The maximum absolute atomic E-state index is 12.5. The first-order valence-electron chi connectivity index (χ1n) is 9.21. The van der Waals surface area contributed by atoms with Crippen molar-refractivity contribution >= 4 is 17.8 Å². The zero-order chi connectivity index (χ0) is 18.6. The Hall–Kier alpha value is -2.68. The molecule has 0 fully saturated rings. The first kappa shape index (κ1) is 19.6. The molecule has 1 atom stereocenters. The molecule has 2 aromatic rings. The number of ether oxygens (including phenoxy) is 1. The normalized spacial score (nSPS) is 12.0. The fraction of sp³-hybridized carbons (Fsp3) is 0.304. The lowest BCUT2D eigenvalue weighted by atomic mass is 10.0. The summed E-state index contributed by atoms with van der Waals surface area (Å²) in [5.74, 6) is -0.444. The first-order chi connectivity index (χ1) is 12.7. The van der Waals surface area contributed by atoms with Gasteiger partial charge in [-0.15, -0.1) is 0 Å². The van der Waals surface area contributed by atoms with Gasteiger partial charge in [0.1, 0.15) is 0 Å². The Bertz CT molecular complexity index is 705. The molecule has 0 amide bonds. The number of Topliss-reactive ketones (excluding diaryl/α,β-unsaturated/α-hetero) is 1. The van der Waals surface area contributed by atoms with Gasteiger partial charge in [-0.25, -0.2) is 4.79 Å². The minimum Gasteiger partial charge on any atom is -0.451 e. The summed E-state index contributed by atoms with van der Waals surface area (Å²) in [5.41, 5.74) is 1.59. The summed E-state index contributed by atoms with van der Waals surface area (Å²) < 4.78 is 5.50. The van der Waals surface area contributed by atoms with Crippen molar-refractivity contribution in [3.63, 3.8) is 0 Å². The molecule has 0 aliphatic carbocycles. The summed E-state index contributed by atoms with van der Waals surface area (Å²) in [6.45, 7) is 2.06. The zero-order valence-electron chi connectivity index (χ0n) is 15.3. The number of carbonyl (C=O) groups excluding carboxylic acids is 2. The van der Waals surface area contributed by atoms with Crippen molar-refractivity contribution in [1.82, 2.24) is 0 Å². The summed E-state index contributed by atoms with van der Waals surface area (Å²) in [6, 6.07) is 18.8. The number of carbonyl (C=O) groups is 2. The van der Waals surface area contributed by atoms with Crippen molar-refractivity contribution < 1.29 is 14.3 Å². The molecule has 2 aromatic carbocycles. The Morgan fingerprint density at radius 2 is 1.65 bits per heavy atom. The average Bonchev–Trinajstić information content (AvgIpc) is 2.69. The second kappa shape index (κ2) is 11.0. The van der Waals surface area contributed by atoms with E-state index in [1.54, 1.807) is 24.3 Å².